The van der Waals surface area contributed by atoms with Crippen molar-refractivity contribution < 1.29 is 19.4 Å². The summed E-state index contributed by atoms with van der Waals surface area (Å²) in [6, 6.07) is 15.2. The molecule has 0 radical (unpaired) electrons. The van der Waals surface area contributed by atoms with Gasteiger partial charge in [0.25, 0.3) is 0 Å². The van der Waals surface area contributed by atoms with Gasteiger partial charge in [-0.05, 0) is 49.1 Å². The molecule has 26 heavy (non-hydrogen) atoms. The van der Waals surface area contributed by atoms with Crippen LogP contribution in [0.1, 0.15) is 36.8 Å². The van der Waals surface area contributed by atoms with Gasteiger partial charge in [0, 0.05) is 19.2 Å². The van der Waals surface area contributed by atoms with Crippen LogP contribution in [0.15, 0.2) is 48.5 Å². The predicted octanol–water partition coefficient (Wildman–Crippen LogP) is 4.01. The third-order valence-corrected chi connectivity index (χ3v) is 4.42. The number of carbonyl (C=O) groups is 2. The number of carbonyl (C=O) groups excluding carboxylic acids is 1. The lowest BCUT2D eigenvalue weighted by Crippen LogP contribution is -2.27. The van der Waals surface area contributed by atoms with Crippen molar-refractivity contribution in [1.29, 1.82) is 0 Å². The van der Waals surface area contributed by atoms with Crippen molar-refractivity contribution in [3.8, 4) is 5.75 Å². The molecule has 0 aliphatic heterocycles. The minimum atomic E-state index is -1.02. The Balaban J connectivity index is 2.01. The molecular weight excluding hydrogens is 330 g/mol. The molecule has 0 bridgehead atoms. The topological polar surface area (TPSA) is 66.8 Å². The molecule has 0 aliphatic rings. The van der Waals surface area contributed by atoms with Crippen LogP contribution in [0.25, 0.3) is 0 Å². The summed E-state index contributed by atoms with van der Waals surface area (Å²) >= 11 is 0. The predicted molar refractivity (Wildman–Crippen MR) is 102 cm³/mol. The molecule has 5 nitrogen and oxygen atoms in total. The number of hydrogen-bond acceptors (Lipinski definition) is 3. The lowest BCUT2D eigenvalue weighted by molar-refractivity contribution is -0.139. The molecule has 1 amide bonds. The second kappa shape index (κ2) is 9.04. The van der Waals surface area contributed by atoms with E-state index in [4.69, 9.17) is 9.84 Å². The number of nitrogens with zero attached hydrogens (tertiary/aromatic N) is 1. The number of carboxylic acids is 1. The highest BCUT2D eigenvalue weighted by atomic mass is 16.5. The van der Waals surface area contributed by atoms with Crippen LogP contribution in [-0.2, 0) is 9.59 Å². The second-order valence-corrected chi connectivity index (χ2v) is 6.35. The van der Waals surface area contributed by atoms with Gasteiger partial charge in [-0.1, -0.05) is 36.8 Å². The van der Waals surface area contributed by atoms with Crippen molar-refractivity contribution in [2.24, 2.45) is 0 Å². The normalized spacial score (nSPS) is 11.7. The van der Waals surface area contributed by atoms with Gasteiger partial charge >= 0.3 is 5.97 Å². The number of amides is 1. The average Bonchev–Trinajstić information content (AvgIpc) is 2.65. The summed E-state index contributed by atoms with van der Waals surface area (Å²) in [6.07, 6.45) is 1.33. The number of aliphatic carboxylic acids is 1. The van der Waals surface area contributed by atoms with Crippen molar-refractivity contribution in [3.63, 3.8) is 0 Å². The van der Waals surface area contributed by atoms with Gasteiger partial charge in [-0.3, -0.25) is 4.79 Å². The van der Waals surface area contributed by atoms with E-state index in [0.29, 0.717) is 12.2 Å². The minimum Gasteiger partial charge on any atom is -0.482 e. The summed E-state index contributed by atoms with van der Waals surface area (Å²) < 4.78 is 5.11. The van der Waals surface area contributed by atoms with Gasteiger partial charge in [0.15, 0.2) is 6.61 Å². The standard InChI is InChI=1S/C21H25NO4/c1-4-16(17-7-5-15(2)6-8-17)13-20(23)22(3)18-9-11-19(12-10-18)26-14-21(24)25/h5-12,16H,4,13-14H2,1-3H3,(H,24,25). The molecule has 2 aromatic rings. The van der Waals surface area contributed by atoms with Crippen molar-refractivity contribution in [2.45, 2.75) is 32.6 Å². The lowest BCUT2D eigenvalue weighted by Gasteiger charge is -2.21. The molecule has 1 N–H and O–H groups in total. The Hall–Kier alpha value is -2.82. The quantitative estimate of drug-likeness (QED) is 0.777. The zero-order valence-corrected chi connectivity index (χ0v) is 15.4. The molecular formula is C21H25NO4. The molecule has 1 unspecified atom stereocenters. The van der Waals surface area contributed by atoms with E-state index in [-0.39, 0.29) is 18.4 Å². The summed E-state index contributed by atoms with van der Waals surface area (Å²) in [7, 11) is 1.75. The number of aryl methyl sites for hydroxylation is 1. The van der Waals surface area contributed by atoms with Crippen LogP contribution >= 0.6 is 0 Å². The number of rotatable bonds is 8. The van der Waals surface area contributed by atoms with Crippen molar-refractivity contribution in [3.05, 3.63) is 59.7 Å². The molecule has 0 aliphatic carbocycles. The highest BCUT2D eigenvalue weighted by Crippen LogP contribution is 2.26. The fourth-order valence-corrected chi connectivity index (χ4v) is 2.74. The lowest BCUT2D eigenvalue weighted by atomic mass is 9.92. The number of carboxylic acid groups (broad SMARTS) is 1. The van der Waals surface area contributed by atoms with Gasteiger partial charge < -0.3 is 14.7 Å². The minimum absolute atomic E-state index is 0.0385. The number of ether oxygens (including phenoxy) is 1. The van der Waals surface area contributed by atoms with Crippen LogP contribution in [0.5, 0.6) is 5.75 Å². The Morgan fingerprint density at radius 3 is 2.23 bits per heavy atom. The first-order chi connectivity index (χ1) is 12.4. The first-order valence-corrected chi connectivity index (χ1v) is 8.68. The molecule has 0 aromatic heterocycles. The largest absolute Gasteiger partial charge is 0.482 e. The first kappa shape index (κ1) is 19.5. The number of anilines is 1. The molecule has 1 atom stereocenters. The molecule has 0 spiro atoms. The summed E-state index contributed by atoms with van der Waals surface area (Å²) in [5.74, 6) is -0.341. The maximum absolute atomic E-state index is 12.7. The zero-order chi connectivity index (χ0) is 19.1. The first-order valence-electron chi connectivity index (χ1n) is 8.68. The fourth-order valence-electron chi connectivity index (χ4n) is 2.74. The Labute approximate surface area is 154 Å². The third-order valence-electron chi connectivity index (χ3n) is 4.42. The van der Waals surface area contributed by atoms with E-state index in [0.717, 1.165) is 12.1 Å². The van der Waals surface area contributed by atoms with Crippen LogP contribution < -0.4 is 9.64 Å². The molecule has 0 saturated heterocycles. The van der Waals surface area contributed by atoms with E-state index >= 15 is 0 Å². The Morgan fingerprint density at radius 1 is 1.08 bits per heavy atom. The maximum atomic E-state index is 12.7. The van der Waals surface area contributed by atoms with Crippen molar-refractivity contribution in [2.75, 3.05) is 18.6 Å². The maximum Gasteiger partial charge on any atom is 0.341 e. The van der Waals surface area contributed by atoms with Gasteiger partial charge in [0.05, 0.1) is 0 Å². The fraction of sp³-hybridized carbons (Fsp3) is 0.333. The van der Waals surface area contributed by atoms with E-state index in [2.05, 4.69) is 31.2 Å². The summed E-state index contributed by atoms with van der Waals surface area (Å²) in [6.45, 7) is 3.75. The second-order valence-electron chi connectivity index (χ2n) is 6.35. The van der Waals surface area contributed by atoms with Crippen LogP contribution in [0.4, 0.5) is 5.69 Å². The average molecular weight is 355 g/mol. The zero-order valence-electron chi connectivity index (χ0n) is 15.4. The van der Waals surface area contributed by atoms with Gasteiger partial charge in [0.1, 0.15) is 5.75 Å². The highest BCUT2D eigenvalue weighted by Gasteiger charge is 2.18. The molecule has 2 rings (SSSR count). The van der Waals surface area contributed by atoms with E-state index < -0.39 is 5.97 Å². The van der Waals surface area contributed by atoms with Gasteiger partial charge in [-0.25, -0.2) is 4.79 Å². The van der Waals surface area contributed by atoms with E-state index in [1.807, 2.05) is 6.92 Å². The SMILES string of the molecule is CCC(CC(=O)N(C)c1ccc(OCC(=O)O)cc1)c1ccc(C)cc1. The van der Waals surface area contributed by atoms with E-state index in [1.165, 1.54) is 11.1 Å². The monoisotopic (exact) mass is 355 g/mol. The number of benzene rings is 2. The molecule has 0 fully saturated rings. The van der Waals surface area contributed by atoms with E-state index in [1.54, 1.807) is 36.2 Å². The van der Waals surface area contributed by atoms with Crippen LogP contribution in [0.3, 0.4) is 0 Å². The van der Waals surface area contributed by atoms with E-state index in [9.17, 15) is 9.59 Å². The Morgan fingerprint density at radius 2 is 1.69 bits per heavy atom. The van der Waals surface area contributed by atoms with Crippen LogP contribution in [0.2, 0.25) is 0 Å². The molecule has 0 saturated carbocycles. The Kier molecular flexibility index (Phi) is 6.78. The van der Waals surface area contributed by atoms with Crippen molar-refractivity contribution >= 4 is 17.6 Å². The van der Waals surface area contributed by atoms with Gasteiger partial charge in [0.2, 0.25) is 5.91 Å². The summed E-state index contributed by atoms with van der Waals surface area (Å²) in [5.41, 5.74) is 3.13. The Bertz CT molecular complexity index is 738. The molecule has 5 heteroatoms. The molecule has 0 heterocycles. The summed E-state index contributed by atoms with van der Waals surface area (Å²) in [5, 5.41) is 8.63. The smallest absolute Gasteiger partial charge is 0.341 e. The van der Waals surface area contributed by atoms with Crippen molar-refractivity contribution in [1.82, 2.24) is 0 Å². The van der Waals surface area contributed by atoms with Gasteiger partial charge in [-0.15, -0.1) is 0 Å². The van der Waals surface area contributed by atoms with Gasteiger partial charge in [-0.2, -0.15) is 0 Å². The van der Waals surface area contributed by atoms with Crippen LogP contribution in [0, 0.1) is 6.92 Å². The summed E-state index contributed by atoms with van der Waals surface area (Å²) in [4.78, 5) is 24.8. The third kappa shape index (κ3) is 5.34. The highest BCUT2D eigenvalue weighted by molar-refractivity contribution is 5.93. The van der Waals surface area contributed by atoms with Crippen LogP contribution in [-0.4, -0.2) is 30.6 Å². The molecule has 2 aromatic carbocycles. The number of hydrogen-bond donors (Lipinski definition) is 1. The molecule has 138 valence electrons.